The van der Waals surface area contributed by atoms with Crippen LogP contribution in [0.15, 0.2) is 16.6 Å². The van der Waals surface area contributed by atoms with E-state index in [1.165, 1.54) is 0 Å². The first-order valence-corrected chi connectivity index (χ1v) is 7.21. The average Bonchev–Trinajstić information content (AvgIpc) is 2.31. The Morgan fingerprint density at radius 2 is 1.95 bits per heavy atom. The van der Waals surface area contributed by atoms with Crippen LogP contribution in [0.25, 0.3) is 0 Å². The molecule has 0 saturated heterocycles. The van der Waals surface area contributed by atoms with Crippen LogP contribution in [0.1, 0.15) is 30.6 Å². The molecule has 0 unspecified atom stereocenters. The van der Waals surface area contributed by atoms with Crippen molar-refractivity contribution in [2.75, 3.05) is 19.8 Å². The van der Waals surface area contributed by atoms with E-state index >= 15 is 0 Å². The highest BCUT2D eigenvalue weighted by molar-refractivity contribution is 9.10. The Kier molecular flexibility index (Phi) is 7.09. The maximum absolute atomic E-state index is 13.5. The smallest absolute Gasteiger partial charge is 0.257 e. The Bertz CT molecular complexity index is 443. The molecule has 0 atom stereocenters. The van der Waals surface area contributed by atoms with Gasteiger partial charge in [0.05, 0.1) is 0 Å². The lowest BCUT2D eigenvalue weighted by Crippen LogP contribution is -2.27. The molecule has 112 valence electrons. The second-order valence-electron chi connectivity index (χ2n) is 4.82. The third kappa shape index (κ3) is 5.54. The Morgan fingerprint density at radius 1 is 1.35 bits per heavy atom. The molecular formula is C14H18BrF2NO2. The van der Waals surface area contributed by atoms with Crippen molar-refractivity contribution in [3.8, 4) is 0 Å². The fourth-order valence-electron chi connectivity index (χ4n) is 1.54. The summed E-state index contributed by atoms with van der Waals surface area (Å²) < 4.78 is 32.6. The highest BCUT2D eigenvalue weighted by Gasteiger charge is 2.17. The maximum atomic E-state index is 13.5. The van der Waals surface area contributed by atoms with Gasteiger partial charge in [0, 0.05) is 24.2 Å². The molecule has 0 heterocycles. The molecule has 1 rings (SSSR count). The number of halogens is 3. The van der Waals surface area contributed by atoms with Gasteiger partial charge in [-0.2, -0.15) is 0 Å². The topological polar surface area (TPSA) is 38.3 Å². The molecule has 6 heteroatoms. The minimum Gasteiger partial charge on any atom is -0.381 e. The van der Waals surface area contributed by atoms with Crippen molar-refractivity contribution >= 4 is 21.8 Å². The van der Waals surface area contributed by atoms with Crippen molar-refractivity contribution in [3.63, 3.8) is 0 Å². The lowest BCUT2D eigenvalue weighted by molar-refractivity contribution is 0.0917. The van der Waals surface area contributed by atoms with Gasteiger partial charge in [-0.15, -0.1) is 0 Å². The van der Waals surface area contributed by atoms with Crippen LogP contribution in [-0.4, -0.2) is 25.7 Å². The van der Waals surface area contributed by atoms with Gasteiger partial charge < -0.3 is 10.1 Å². The van der Waals surface area contributed by atoms with Crippen molar-refractivity contribution in [2.24, 2.45) is 5.92 Å². The Hall–Kier alpha value is -1.01. The third-order valence-electron chi connectivity index (χ3n) is 2.44. The molecule has 0 aliphatic carbocycles. The summed E-state index contributed by atoms with van der Waals surface area (Å²) in [4.78, 5) is 11.7. The van der Waals surface area contributed by atoms with E-state index in [1.54, 1.807) is 0 Å². The van der Waals surface area contributed by atoms with E-state index in [4.69, 9.17) is 4.74 Å². The molecule has 20 heavy (non-hydrogen) atoms. The lowest BCUT2D eigenvalue weighted by Gasteiger charge is -2.09. The van der Waals surface area contributed by atoms with Gasteiger partial charge in [0.25, 0.3) is 5.91 Å². The second-order valence-corrected chi connectivity index (χ2v) is 5.74. The molecule has 0 spiro atoms. The molecule has 1 amide bonds. The van der Waals surface area contributed by atoms with E-state index in [-0.39, 0.29) is 4.47 Å². The summed E-state index contributed by atoms with van der Waals surface area (Å²) in [5, 5.41) is 2.47. The molecule has 1 aromatic carbocycles. The summed E-state index contributed by atoms with van der Waals surface area (Å²) >= 11 is 2.96. The van der Waals surface area contributed by atoms with Crippen LogP contribution in [0, 0.1) is 17.6 Å². The number of carbonyl (C=O) groups excluding carboxylic acids is 1. The Morgan fingerprint density at radius 3 is 2.50 bits per heavy atom. The second kappa shape index (κ2) is 8.32. The molecule has 1 aromatic rings. The Labute approximate surface area is 125 Å². The van der Waals surface area contributed by atoms with Gasteiger partial charge in [-0.1, -0.05) is 29.8 Å². The Balaban J connectivity index is 2.40. The summed E-state index contributed by atoms with van der Waals surface area (Å²) in [6.07, 6.45) is 0.595. The number of rotatable bonds is 7. The molecule has 1 N–H and O–H groups in total. The van der Waals surface area contributed by atoms with E-state index in [0.717, 1.165) is 12.1 Å². The first-order chi connectivity index (χ1) is 9.41. The van der Waals surface area contributed by atoms with E-state index < -0.39 is 23.1 Å². The lowest BCUT2D eigenvalue weighted by atomic mass is 10.2. The number of nitrogens with one attached hydrogen (secondary N) is 1. The fourth-order valence-corrected chi connectivity index (χ4v) is 1.94. The molecule has 0 aliphatic heterocycles. The summed E-state index contributed by atoms with van der Waals surface area (Å²) in [7, 11) is 0. The van der Waals surface area contributed by atoms with E-state index in [0.29, 0.717) is 32.1 Å². The van der Waals surface area contributed by atoms with Gasteiger partial charge >= 0.3 is 0 Å². The van der Waals surface area contributed by atoms with Crippen LogP contribution in [-0.2, 0) is 4.74 Å². The van der Waals surface area contributed by atoms with E-state index in [2.05, 4.69) is 21.2 Å². The number of benzene rings is 1. The van der Waals surface area contributed by atoms with Gasteiger partial charge in [0.1, 0.15) is 17.2 Å². The first kappa shape index (κ1) is 17.0. The SMILES string of the molecule is CC(C)COCCCNC(=O)c1c(F)cc(Br)cc1F. The summed E-state index contributed by atoms with van der Waals surface area (Å²) in [6.45, 7) is 5.56. The van der Waals surface area contributed by atoms with Gasteiger partial charge in [-0.3, -0.25) is 4.79 Å². The van der Waals surface area contributed by atoms with E-state index in [1.807, 2.05) is 13.8 Å². The van der Waals surface area contributed by atoms with Crippen molar-refractivity contribution in [1.82, 2.24) is 5.32 Å². The van der Waals surface area contributed by atoms with Crippen LogP contribution in [0.5, 0.6) is 0 Å². The average molecular weight is 350 g/mol. The zero-order valence-electron chi connectivity index (χ0n) is 11.5. The molecule has 0 radical (unpaired) electrons. The summed E-state index contributed by atoms with van der Waals surface area (Å²) in [5.41, 5.74) is -0.559. The predicted octanol–water partition coefficient (Wildman–Crippen LogP) is 3.52. The van der Waals surface area contributed by atoms with Gasteiger partial charge in [-0.25, -0.2) is 8.78 Å². The highest BCUT2D eigenvalue weighted by Crippen LogP contribution is 2.19. The van der Waals surface area contributed by atoms with Gasteiger partial charge in [-0.05, 0) is 24.5 Å². The van der Waals surface area contributed by atoms with Crippen molar-refractivity contribution in [1.29, 1.82) is 0 Å². The van der Waals surface area contributed by atoms with Crippen LogP contribution >= 0.6 is 15.9 Å². The molecule has 0 saturated carbocycles. The molecule has 0 bridgehead atoms. The van der Waals surface area contributed by atoms with Crippen LogP contribution in [0.2, 0.25) is 0 Å². The standard InChI is InChI=1S/C14H18BrF2NO2/c1-9(2)8-20-5-3-4-18-14(19)13-11(16)6-10(15)7-12(13)17/h6-7,9H,3-5,8H2,1-2H3,(H,18,19). The minimum absolute atomic E-state index is 0.256. The van der Waals surface area contributed by atoms with Crippen LogP contribution in [0.4, 0.5) is 8.78 Å². The zero-order chi connectivity index (χ0) is 15.1. The van der Waals surface area contributed by atoms with Crippen LogP contribution in [0.3, 0.4) is 0 Å². The van der Waals surface area contributed by atoms with Crippen molar-refractivity contribution < 1.29 is 18.3 Å². The predicted molar refractivity (Wildman–Crippen MR) is 76.7 cm³/mol. The highest BCUT2D eigenvalue weighted by atomic mass is 79.9. The van der Waals surface area contributed by atoms with Crippen LogP contribution < -0.4 is 5.32 Å². The largest absolute Gasteiger partial charge is 0.381 e. The molecule has 3 nitrogen and oxygen atoms in total. The number of hydrogen-bond donors (Lipinski definition) is 1. The van der Waals surface area contributed by atoms with E-state index in [9.17, 15) is 13.6 Å². The normalized spacial score (nSPS) is 10.9. The molecular weight excluding hydrogens is 332 g/mol. The van der Waals surface area contributed by atoms with Gasteiger partial charge in [0.15, 0.2) is 0 Å². The maximum Gasteiger partial charge on any atom is 0.257 e. The number of carbonyl (C=O) groups is 1. The number of amides is 1. The van der Waals surface area contributed by atoms with Crippen molar-refractivity contribution in [3.05, 3.63) is 33.8 Å². The third-order valence-corrected chi connectivity index (χ3v) is 2.89. The number of hydrogen-bond acceptors (Lipinski definition) is 2. The summed E-state index contributed by atoms with van der Waals surface area (Å²) in [5.74, 6) is -2.07. The monoisotopic (exact) mass is 349 g/mol. The van der Waals surface area contributed by atoms with Gasteiger partial charge in [0.2, 0.25) is 0 Å². The first-order valence-electron chi connectivity index (χ1n) is 6.42. The number of ether oxygens (including phenoxy) is 1. The molecule has 0 aromatic heterocycles. The van der Waals surface area contributed by atoms with Crippen molar-refractivity contribution in [2.45, 2.75) is 20.3 Å². The zero-order valence-corrected chi connectivity index (χ0v) is 13.1. The molecule has 0 aliphatic rings. The quantitative estimate of drug-likeness (QED) is 0.765. The molecule has 0 fully saturated rings. The minimum atomic E-state index is -0.884. The summed E-state index contributed by atoms with van der Waals surface area (Å²) in [6, 6.07) is 2.12. The fraction of sp³-hybridized carbons (Fsp3) is 0.500.